The van der Waals surface area contributed by atoms with E-state index in [1.165, 1.54) is 0 Å². The van der Waals surface area contributed by atoms with Crippen LogP contribution in [0.25, 0.3) is 10.9 Å². The number of fused-ring (bicyclic) bond motifs is 1. The maximum Gasteiger partial charge on any atom is 0.341 e. The Kier molecular flexibility index (Phi) is 4.88. The molecule has 0 radical (unpaired) electrons. The lowest BCUT2D eigenvalue weighted by Crippen LogP contribution is -2.22. The first kappa shape index (κ1) is 17.8. The third kappa shape index (κ3) is 3.37. The second kappa shape index (κ2) is 7.11. The molecular formula is C19H22N4O3. The van der Waals surface area contributed by atoms with Crippen molar-refractivity contribution < 1.29 is 14.1 Å². The van der Waals surface area contributed by atoms with Gasteiger partial charge in [-0.15, -0.1) is 0 Å². The lowest BCUT2D eigenvalue weighted by Gasteiger charge is -2.23. The van der Waals surface area contributed by atoms with E-state index in [2.05, 4.69) is 21.2 Å². The number of aromatic nitrogens is 3. The molecule has 7 heteroatoms. The molecule has 1 aromatic carbocycles. The Morgan fingerprint density at radius 2 is 2.04 bits per heavy atom. The normalized spacial score (nSPS) is 11.0. The smallest absolute Gasteiger partial charge is 0.341 e. The van der Waals surface area contributed by atoms with Crippen molar-refractivity contribution in [1.29, 1.82) is 0 Å². The monoisotopic (exact) mass is 354 g/mol. The zero-order valence-electron chi connectivity index (χ0n) is 15.7. The molecule has 0 N–H and O–H groups in total. The van der Waals surface area contributed by atoms with E-state index in [1.807, 2.05) is 31.9 Å². The van der Waals surface area contributed by atoms with Crippen molar-refractivity contribution in [1.82, 2.24) is 15.1 Å². The van der Waals surface area contributed by atoms with Crippen molar-refractivity contribution in [2.45, 2.75) is 34.2 Å². The van der Waals surface area contributed by atoms with E-state index in [-0.39, 0.29) is 0 Å². The molecule has 2 heterocycles. The second-order valence-corrected chi connectivity index (χ2v) is 6.30. The fourth-order valence-electron chi connectivity index (χ4n) is 3.11. The molecule has 0 saturated heterocycles. The largest absolute Gasteiger partial charge is 0.462 e. The number of carbonyl (C=O) groups excluding carboxylic acids is 1. The van der Waals surface area contributed by atoms with Crippen molar-refractivity contribution in [2.24, 2.45) is 0 Å². The van der Waals surface area contributed by atoms with Gasteiger partial charge in [-0.1, -0.05) is 16.8 Å². The third-order valence-electron chi connectivity index (χ3n) is 4.10. The predicted octanol–water partition coefficient (Wildman–Crippen LogP) is 3.36. The molecule has 136 valence electrons. The summed E-state index contributed by atoms with van der Waals surface area (Å²) < 4.78 is 10.3. The van der Waals surface area contributed by atoms with E-state index in [0.717, 1.165) is 27.7 Å². The van der Waals surface area contributed by atoms with Crippen molar-refractivity contribution in [3.63, 3.8) is 0 Å². The maximum absolute atomic E-state index is 12.5. The van der Waals surface area contributed by atoms with E-state index >= 15 is 0 Å². The molecule has 0 atom stereocenters. The molecule has 0 aliphatic heterocycles. The summed E-state index contributed by atoms with van der Waals surface area (Å²) in [5, 5.41) is 4.85. The highest BCUT2D eigenvalue weighted by molar-refractivity contribution is 6.06. The molecular weight excluding hydrogens is 332 g/mol. The SMILES string of the molecule is CCOC(=O)c1cnc2c(C)cc(C)cc2c1N(C)Cc1noc(C)n1. The van der Waals surface area contributed by atoms with Crippen LogP contribution < -0.4 is 4.90 Å². The summed E-state index contributed by atoms with van der Waals surface area (Å²) in [6.07, 6.45) is 1.58. The van der Waals surface area contributed by atoms with Gasteiger partial charge in [0.25, 0.3) is 0 Å². The van der Waals surface area contributed by atoms with Gasteiger partial charge < -0.3 is 14.2 Å². The van der Waals surface area contributed by atoms with Crippen LogP contribution in [-0.4, -0.2) is 34.7 Å². The molecule has 0 spiro atoms. The van der Waals surface area contributed by atoms with Crippen LogP contribution in [0.2, 0.25) is 0 Å². The van der Waals surface area contributed by atoms with Crippen molar-refractivity contribution in [3.8, 4) is 0 Å². The fraction of sp³-hybridized carbons (Fsp3) is 0.368. The highest BCUT2D eigenvalue weighted by Gasteiger charge is 2.21. The number of carbonyl (C=O) groups is 1. The Bertz CT molecular complexity index is 965. The summed E-state index contributed by atoms with van der Waals surface area (Å²) in [4.78, 5) is 23.2. The number of anilines is 1. The molecule has 0 aliphatic rings. The van der Waals surface area contributed by atoms with Crippen LogP contribution >= 0.6 is 0 Å². The number of nitrogens with zero attached hydrogens (tertiary/aromatic N) is 4. The van der Waals surface area contributed by atoms with Crippen LogP contribution in [0, 0.1) is 20.8 Å². The Hall–Kier alpha value is -2.96. The summed E-state index contributed by atoms with van der Waals surface area (Å²) in [5.74, 6) is 0.659. The minimum Gasteiger partial charge on any atom is -0.462 e. The first-order valence-electron chi connectivity index (χ1n) is 8.48. The zero-order valence-corrected chi connectivity index (χ0v) is 15.7. The average Bonchev–Trinajstić information content (AvgIpc) is 2.98. The summed E-state index contributed by atoms with van der Waals surface area (Å²) >= 11 is 0. The Labute approximate surface area is 152 Å². The molecule has 3 aromatic rings. The lowest BCUT2D eigenvalue weighted by atomic mass is 10.0. The highest BCUT2D eigenvalue weighted by Crippen LogP contribution is 2.32. The lowest BCUT2D eigenvalue weighted by molar-refractivity contribution is 0.0527. The van der Waals surface area contributed by atoms with Crippen LogP contribution in [0.4, 0.5) is 5.69 Å². The number of benzene rings is 1. The summed E-state index contributed by atoms with van der Waals surface area (Å²) in [7, 11) is 1.89. The Balaban J connectivity index is 2.17. The summed E-state index contributed by atoms with van der Waals surface area (Å²) in [5.41, 5.74) is 4.19. The van der Waals surface area contributed by atoms with Gasteiger partial charge in [-0.2, -0.15) is 4.98 Å². The van der Waals surface area contributed by atoms with Crippen molar-refractivity contribution >= 4 is 22.6 Å². The molecule has 7 nitrogen and oxygen atoms in total. The number of aryl methyl sites for hydroxylation is 3. The van der Waals surface area contributed by atoms with Gasteiger partial charge in [0.2, 0.25) is 5.89 Å². The van der Waals surface area contributed by atoms with Crippen LogP contribution in [-0.2, 0) is 11.3 Å². The maximum atomic E-state index is 12.5. The van der Waals surface area contributed by atoms with Crippen LogP contribution in [0.5, 0.6) is 0 Å². The van der Waals surface area contributed by atoms with Crippen molar-refractivity contribution in [2.75, 3.05) is 18.6 Å². The molecule has 26 heavy (non-hydrogen) atoms. The van der Waals surface area contributed by atoms with Gasteiger partial charge >= 0.3 is 5.97 Å². The number of hydrogen-bond donors (Lipinski definition) is 0. The average molecular weight is 354 g/mol. The van der Waals surface area contributed by atoms with E-state index in [9.17, 15) is 4.79 Å². The Morgan fingerprint density at radius 1 is 1.27 bits per heavy atom. The third-order valence-corrected chi connectivity index (χ3v) is 4.10. The van der Waals surface area contributed by atoms with E-state index < -0.39 is 5.97 Å². The fourth-order valence-corrected chi connectivity index (χ4v) is 3.11. The van der Waals surface area contributed by atoms with Gasteiger partial charge in [0.05, 0.1) is 24.4 Å². The number of rotatable bonds is 5. The molecule has 0 bridgehead atoms. The molecule has 0 amide bonds. The summed E-state index contributed by atoms with van der Waals surface area (Å²) in [6.45, 7) is 8.27. The Morgan fingerprint density at radius 3 is 2.69 bits per heavy atom. The molecule has 0 fully saturated rings. The molecule has 0 aliphatic carbocycles. The van der Waals surface area contributed by atoms with Crippen LogP contribution in [0.1, 0.15) is 40.1 Å². The number of pyridine rings is 1. The molecule has 3 rings (SSSR count). The van der Waals surface area contributed by atoms with Gasteiger partial charge in [0.1, 0.15) is 5.56 Å². The number of hydrogen-bond acceptors (Lipinski definition) is 7. The predicted molar refractivity (Wildman–Crippen MR) is 98.3 cm³/mol. The van der Waals surface area contributed by atoms with Crippen LogP contribution in [0.15, 0.2) is 22.9 Å². The highest BCUT2D eigenvalue weighted by atomic mass is 16.5. The number of ether oxygens (including phenoxy) is 1. The van der Waals surface area contributed by atoms with E-state index in [1.54, 1.807) is 20.0 Å². The van der Waals surface area contributed by atoms with Gasteiger partial charge in [0, 0.05) is 25.6 Å². The molecule has 2 aromatic heterocycles. The van der Waals surface area contributed by atoms with Gasteiger partial charge in [-0.25, -0.2) is 4.79 Å². The minimum atomic E-state index is -0.396. The molecule has 0 saturated carbocycles. The molecule has 0 unspecified atom stereocenters. The van der Waals surface area contributed by atoms with Gasteiger partial charge in [-0.05, 0) is 32.4 Å². The van der Waals surface area contributed by atoms with E-state index in [4.69, 9.17) is 9.26 Å². The number of esters is 1. The van der Waals surface area contributed by atoms with Gasteiger partial charge in [-0.3, -0.25) is 4.98 Å². The van der Waals surface area contributed by atoms with Crippen LogP contribution in [0.3, 0.4) is 0 Å². The first-order valence-corrected chi connectivity index (χ1v) is 8.48. The first-order chi connectivity index (χ1) is 12.4. The topological polar surface area (TPSA) is 81.4 Å². The summed E-state index contributed by atoms with van der Waals surface area (Å²) in [6, 6.07) is 4.11. The zero-order chi connectivity index (χ0) is 18.8. The quantitative estimate of drug-likeness (QED) is 0.650. The van der Waals surface area contributed by atoms with Crippen molar-refractivity contribution in [3.05, 3.63) is 46.7 Å². The van der Waals surface area contributed by atoms with E-state index in [0.29, 0.717) is 30.4 Å². The van der Waals surface area contributed by atoms with Gasteiger partial charge in [0.15, 0.2) is 5.82 Å². The second-order valence-electron chi connectivity index (χ2n) is 6.30. The minimum absolute atomic E-state index is 0.302. The standard InChI is InChI=1S/C19H22N4O3/c1-6-25-19(24)15-9-20-17-12(3)7-11(2)8-14(17)18(15)23(5)10-16-21-13(4)26-22-16/h7-9H,6,10H2,1-5H3.